The summed E-state index contributed by atoms with van der Waals surface area (Å²) in [6.45, 7) is -0.735. The van der Waals surface area contributed by atoms with E-state index in [1.165, 1.54) is 28.4 Å². The van der Waals surface area contributed by atoms with Gasteiger partial charge in [-0.1, -0.05) is 30.4 Å². The maximum atomic E-state index is 12.6. The van der Waals surface area contributed by atoms with Gasteiger partial charge in [-0.3, -0.25) is 14.9 Å². The molecule has 0 aliphatic carbocycles. The van der Waals surface area contributed by atoms with Gasteiger partial charge in [-0.2, -0.15) is 8.78 Å². The topological polar surface area (TPSA) is 84.4 Å². The Bertz CT molecular complexity index is 813. The molecule has 1 aliphatic rings. The summed E-state index contributed by atoms with van der Waals surface area (Å²) in [5.74, 6) is -0.398. The summed E-state index contributed by atoms with van der Waals surface area (Å²) in [6, 6.07) is 5.39. The van der Waals surface area contributed by atoms with Gasteiger partial charge in [-0.15, -0.1) is 10.2 Å². The Morgan fingerprint density at radius 2 is 2.11 bits per heavy atom. The van der Waals surface area contributed by atoms with Crippen LogP contribution in [0.25, 0.3) is 0 Å². The number of alkyl halides is 2. The minimum absolute atomic E-state index is 0.0405. The SMILES string of the molecule is CCc1nnc(NC(=O)[C@@H]2CCC(=O)N2Cc2ccc(OC(F)F)cc2)s1. The Balaban J connectivity index is 1.65. The lowest BCUT2D eigenvalue weighted by molar-refractivity contribution is -0.133. The van der Waals surface area contributed by atoms with Crippen LogP contribution in [-0.2, 0) is 22.6 Å². The molecule has 0 unspecified atom stereocenters. The number of nitrogens with zero attached hydrogens (tertiary/aromatic N) is 3. The Hall–Kier alpha value is -2.62. The Kier molecular flexibility index (Phi) is 5.94. The number of ether oxygens (including phenoxy) is 1. The van der Waals surface area contributed by atoms with Gasteiger partial charge in [0.05, 0.1) is 0 Å². The predicted octanol–water partition coefficient (Wildman–Crippen LogP) is 2.83. The van der Waals surface area contributed by atoms with Crippen LogP contribution in [0.15, 0.2) is 24.3 Å². The number of anilines is 1. The van der Waals surface area contributed by atoms with Gasteiger partial charge in [-0.25, -0.2) is 0 Å². The van der Waals surface area contributed by atoms with E-state index in [4.69, 9.17) is 0 Å². The van der Waals surface area contributed by atoms with Crippen molar-refractivity contribution in [2.75, 3.05) is 5.32 Å². The predicted molar refractivity (Wildman–Crippen MR) is 94.6 cm³/mol. The second-order valence-corrected chi connectivity index (χ2v) is 7.00. The molecule has 0 saturated carbocycles. The lowest BCUT2D eigenvalue weighted by Gasteiger charge is -2.23. The van der Waals surface area contributed by atoms with Crippen LogP contribution in [0.2, 0.25) is 0 Å². The van der Waals surface area contributed by atoms with Crippen molar-refractivity contribution in [2.45, 2.75) is 45.4 Å². The molecule has 1 aromatic heterocycles. The van der Waals surface area contributed by atoms with Gasteiger partial charge in [0.15, 0.2) is 0 Å². The maximum Gasteiger partial charge on any atom is 0.387 e. The minimum Gasteiger partial charge on any atom is -0.435 e. The number of benzene rings is 1. The van der Waals surface area contributed by atoms with E-state index in [1.807, 2.05) is 6.92 Å². The zero-order valence-electron chi connectivity index (χ0n) is 14.5. The molecule has 1 saturated heterocycles. The number of aryl methyl sites for hydroxylation is 1. The van der Waals surface area contributed by atoms with Crippen molar-refractivity contribution in [1.29, 1.82) is 0 Å². The highest BCUT2D eigenvalue weighted by atomic mass is 32.1. The average molecular weight is 396 g/mol. The molecule has 144 valence electrons. The van der Waals surface area contributed by atoms with E-state index >= 15 is 0 Å². The third-order valence-electron chi connectivity index (χ3n) is 4.13. The lowest BCUT2D eigenvalue weighted by atomic mass is 10.1. The van der Waals surface area contributed by atoms with Crippen molar-refractivity contribution < 1.29 is 23.1 Å². The fourth-order valence-corrected chi connectivity index (χ4v) is 3.50. The van der Waals surface area contributed by atoms with Crippen molar-refractivity contribution in [3.05, 3.63) is 34.8 Å². The van der Waals surface area contributed by atoms with E-state index in [-0.39, 0.29) is 30.5 Å². The Morgan fingerprint density at radius 3 is 2.74 bits per heavy atom. The maximum absolute atomic E-state index is 12.6. The standard InChI is InChI=1S/C17H18F2N4O3S/c1-2-13-21-22-17(27-13)20-15(25)12-7-8-14(24)23(12)9-10-3-5-11(6-4-10)26-16(18)19/h3-6,12,16H,2,7-9H2,1H3,(H,20,22,25)/t12-/m0/s1. The molecular formula is C17H18F2N4O3S. The smallest absolute Gasteiger partial charge is 0.387 e. The van der Waals surface area contributed by atoms with Crippen LogP contribution in [0.4, 0.5) is 13.9 Å². The lowest BCUT2D eigenvalue weighted by Crippen LogP contribution is -2.41. The van der Waals surface area contributed by atoms with Gasteiger partial charge in [-0.05, 0) is 30.5 Å². The molecule has 0 spiro atoms. The zero-order chi connectivity index (χ0) is 19.4. The summed E-state index contributed by atoms with van der Waals surface area (Å²) in [5, 5.41) is 11.8. The molecule has 10 heteroatoms. The number of rotatable bonds is 7. The number of hydrogen-bond donors (Lipinski definition) is 1. The van der Waals surface area contributed by atoms with E-state index in [0.717, 1.165) is 11.4 Å². The molecule has 2 amide bonds. The minimum atomic E-state index is -2.89. The van der Waals surface area contributed by atoms with Crippen LogP contribution in [0.1, 0.15) is 30.3 Å². The summed E-state index contributed by atoms with van der Waals surface area (Å²) in [6.07, 6.45) is 1.42. The highest BCUT2D eigenvalue weighted by molar-refractivity contribution is 7.15. The van der Waals surface area contributed by atoms with Crippen molar-refractivity contribution in [3.63, 3.8) is 0 Å². The molecular weight excluding hydrogens is 378 g/mol. The molecule has 3 rings (SSSR count). The van der Waals surface area contributed by atoms with Gasteiger partial charge >= 0.3 is 6.61 Å². The molecule has 0 radical (unpaired) electrons. The number of halogens is 2. The number of hydrogen-bond acceptors (Lipinski definition) is 6. The molecule has 27 heavy (non-hydrogen) atoms. The summed E-state index contributed by atoms with van der Waals surface area (Å²) < 4.78 is 28.7. The molecule has 0 bridgehead atoms. The fraction of sp³-hybridized carbons (Fsp3) is 0.412. The van der Waals surface area contributed by atoms with Crippen LogP contribution in [-0.4, -0.2) is 39.6 Å². The molecule has 1 atom stereocenters. The molecule has 2 heterocycles. The molecule has 1 fully saturated rings. The first kappa shape index (κ1) is 19.2. The van der Waals surface area contributed by atoms with Gasteiger partial charge in [0.25, 0.3) is 0 Å². The molecule has 1 N–H and O–H groups in total. The van der Waals surface area contributed by atoms with E-state index in [9.17, 15) is 18.4 Å². The normalized spacial score (nSPS) is 16.8. The summed E-state index contributed by atoms with van der Waals surface area (Å²) in [5.41, 5.74) is 0.717. The zero-order valence-corrected chi connectivity index (χ0v) is 15.3. The second-order valence-electron chi connectivity index (χ2n) is 5.94. The van der Waals surface area contributed by atoms with Gasteiger partial charge in [0.1, 0.15) is 16.8 Å². The molecule has 1 aromatic carbocycles. The monoisotopic (exact) mass is 396 g/mol. The molecule has 1 aliphatic heterocycles. The largest absolute Gasteiger partial charge is 0.435 e. The highest BCUT2D eigenvalue weighted by Crippen LogP contribution is 2.25. The number of carbonyl (C=O) groups is 2. The van der Waals surface area contributed by atoms with Crippen LogP contribution in [0.3, 0.4) is 0 Å². The number of aromatic nitrogens is 2. The third-order valence-corrected chi connectivity index (χ3v) is 5.11. The van der Waals surface area contributed by atoms with E-state index < -0.39 is 12.7 Å². The van der Waals surface area contributed by atoms with Crippen LogP contribution < -0.4 is 10.1 Å². The van der Waals surface area contributed by atoms with E-state index in [2.05, 4.69) is 20.3 Å². The first-order chi connectivity index (χ1) is 13.0. The fourth-order valence-electron chi connectivity index (χ4n) is 2.81. The second kappa shape index (κ2) is 8.38. The van der Waals surface area contributed by atoms with Crippen molar-refractivity contribution in [2.24, 2.45) is 0 Å². The number of nitrogens with one attached hydrogen (secondary N) is 1. The van der Waals surface area contributed by atoms with Crippen LogP contribution in [0, 0.1) is 0 Å². The van der Waals surface area contributed by atoms with Crippen molar-refractivity contribution in [3.8, 4) is 5.75 Å². The summed E-state index contributed by atoms with van der Waals surface area (Å²) in [7, 11) is 0. The molecule has 7 nitrogen and oxygen atoms in total. The Labute approximate surface area is 158 Å². The van der Waals surface area contributed by atoms with Crippen LogP contribution >= 0.6 is 11.3 Å². The van der Waals surface area contributed by atoms with Gasteiger partial charge in [0, 0.05) is 13.0 Å². The first-order valence-corrected chi connectivity index (χ1v) is 9.24. The van der Waals surface area contributed by atoms with Crippen molar-refractivity contribution in [1.82, 2.24) is 15.1 Å². The third kappa shape index (κ3) is 4.76. The van der Waals surface area contributed by atoms with Crippen LogP contribution in [0.5, 0.6) is 5.75 Å². The highest BCUT2D eigenvalue weighted by Gasteiger charge is 2.36. The van der Waals surface area contributed by atoms with E-state index in [1.54, 1.807) is 12.1 Å². The number of likely N-dealkylation sites (tertiary alicyclic amines) is 1. The molecule has 2 aromatic rings. The Morgan fingerprint density at radius 1 is 1.37 bits per heavy atom. The number of amides is 2. The first-order valence-electron chi connectivity index (χ1n) is 8.42. The quantitative estimate of drug-likeness (QED) is 0.778. The van der Waals surface area contributed by atoms with Crippen molar-refractivity contribution >= 4 is 28.3 Å². The summed E-state index contributed by atoms with van der Waals surface area (Å²) >= 11 is 1.30. The van der Waals surface area contributed by atoms with E-state index in [0.29, 0.717) is 17.1 Å². The number of carbonyl (C=O) groups excluding carboxylic acids is 2. The summed E-state index contributed by atoms with van der Waals surface area (Å²) in [4.78, 5) is 26.3. The van der Waals surface area contributed by atoms with Gasteiger partial charge in [0.2, 0.25) is 16.9 Å². The average Bonchev–Trinajstić information content (AvgIpc) is 3.23. The van der Waals surface area contributed by atoms with Gasteiger partial charge < -0.3 is 9.64 Å².